The van der Waals surface area contributed by atoms with Crippen molar-refractivity contribution in [1.82, 2.24) is 9.97 Å². The second-order valence-corrected chi connectivity index (χ2v) is 2.88. The minimum Gasteiger partial charge on any atom is -0.489 e. The quantitative estimate of drug-likeness (QED) is 0.596. The summed E-state index contributed by atoms with van der Waals surface area (Å²) in [7, 11) is 1.34. The molecule has 82 valence electrons. The molecule has 7 nitrogen and oxygen atoms in total. The average Bonchev–Trinajstić information content (AvgIpc) is 2.18. The van der Waals surface area contributed by atoms with Crippen LogP contribution in [0.4, 0.5) is 5.82 Å². The molecule has 0 fully saturated rings. The van der Waals surface area contributed by atoms with Crippen LogP contribution in [0.1, 0.15) is 6.92 Å². The maximum absolute atomic E-state index is 11.2. The minimum atomic E-state index is -0.631. The zero-order valence-electron chi connectivity index (χ0n) is 8.40. The fourth-order valence-electron chi connectivity index (χ4n) is 0.956. The number of primary amides is 1. The van der Waals surface area contributed by atoms with Gasteiger partial charge in [0.05, 0.1) is 13.4 Å². The van der Waals surface area contributed by atoms with Crippen molar-refractivity contribution in [3.8, 4) is 5.75 Å². The number of H-pyrrole nitrogens is 1. The molecule has 1 amide bonds. The highest BCUT2D eigenvalue weighted by Crippen LogP contribution is 2.14. The Morgan fingerprint density at radius 1 is 1.73 bits per heavy atom. The Kier molecular flexibility index (Phi) is 3.27. The van der Waals surface area contributed by atoms with Gasteiger partial charge in [-0.05, 0) is 6.92 Å². The fourth-order valence-corrected chi connectivity index (χ4v) is 0.956. The highest BCUT2D eigenvalue weighted by atomic mass is 16.5. The summed E-state index contributed by atoms with van der Waals surface area (Å²) in [4.78, 5) is 28.2. The zero-order chi connectivity index (χ0) is 11.4. The van der Waals surface area contributed by atoms with Crippen LogP contribution in [0.25, 0.3) is 0 Å². The van der Waals surface area contributed by atoms with E-state index in [1.807, 2.05) is 0 Å². The first kappa shape index (κ1) is 11.0. The summed E-state index contributed by atoms with van der Waals surface area (Å²) in [5.41, 5.74) is 4.63. The van der Waals surface area contributed by atoms with Crippen molar-refractivity contribution >= 4 is 11.7 Å². The van der Waals surface area contributed by atoms with E-state index in [1.54, 1.807) is 6.92 Å². The van der Waals surface area contributed by atoms with Crippen LogP contribution in [-0.4, -0.2) is 29.0 Å². The number of ether oxygens (including phenoxy) is 1. The lowest BCUT2D eigenvalue weighted by Crippen LogP contribution is -2.33. The second kappa shape index (κ2) is 4.45. The van der Waals surface area contributed by atoms with Gasteiger partial charge in [-0.15, -0.1) is 0 Å². The summed E-state index contributed by atoms with van der Waals surface area (Å²) in [5.74, 6) is -0.336. The van der Waals surface area contributed by atoms with Crippen molar-refractivity contribution < 1.29 is 9.53 Å². The second-order valence-electron chi connectivity index (χ2n) is 2.88. The van der Waals surface area contributed by atoms with Gasteiger partial charge in [0.2, 0.25) is 11.7 Å². The molecular weight excluding hydrogens is 200 g/mol. The third-order valence-electron chi connectivity index (χ3n) is 1.79. The van der Waals surface area contributed by atoms with Gasteiger partial charge in [-0.1, -0.05) is 0 Å². The highest BCUT2D eigenvalue weighted by Gasteiger charge is 2.14. The molecular formula is C8H12N4O3. The van der Waals surface area contributed by atoms with Crippen molar-refractivity contribution in [3.63, 3.8) is 0 Å². The van der Waals surface area contributed by atoms with Gasteiger partial charge < -0.3 is 20.8 Å². The number of hydrogen-bond acceptors (Lipinski definition) is 5. The number of nitrogens with two attached hydrogens (primary N) is 1. The van der Waals surface area contributed by atoms with Crippen LogP contribution in [0.5, 0.6) is 5.75 Å². The topological polar surface area (TPSA) is 110 Å². The number of rotatable bonds is 4. The van der Waals surface area contributed by atoms with E-state index in [-0.39, 0.29) is 11.6 Å². The summed E-state index contributed by atoms with van der Waals surface area (Å²) in [6.07, 6.45) is 1.21. The predicted octanol–water partition coefficient (Wildman–Crippen LogP) is -0.936. The van der Waals surface area contributed by atoms with Gasteiger partial charge in [0.1, 0.15) is 6.04 Å². The summed E-state index contributed by atoms with van der Waals surface area (Å²) < 4.78 is 4.84. The third kappa shape index (κ3) is 2.46. The van der Waals surface area contributed by atoms with Crippen molar-refractivity contribution in [2.45, 2.75) is 13.0 Å². The first-order chi connectivity index (χ1) is 7.06. The molecule has 0 spiro atoms. The molecule has 0 bridgehead atoms. The number of aromatic amines is 1. The van der Waals surface area contributed by atoms with E-state index in [9.17, 15) is 9.59 Å². The molecule has 15 heavy (non-hydrogen) atoms. The number of carbonyl (C=O) groups excluding carboxylic acids is 1. The summed E-state index contributed by atoms with van der Waals surface area (Å²) >= 11 is 0. The van der Waals surface area contributed by atoms with Crippen LogP contribution in [0, 0.1) is 0 Å². The third-order valence-corrected chi connectivity index (χ3v) is 1.79. The molecule has 0 aliphatic heterocycles. The number of hydrogen-bond donors (Lipinski definition) is 3. The summed E-state index contributed by atoms with van der Waals surface area (Å²) in [6.45, 7) is 1.56. The summed E-state index contributed by atoms with van der Waals surface area (Å²) in [6, 6.07) is -0.631. The Balaban J connectivity index is 2.99. The van der Waals surface area contributed by atoms with Gasteiger partial charge in [0.25, 0.3) is 5.56 Å². The molecule has 1 heterocycles. The van der Waals surface area contributed by atoms with E-state index in [0.29, 0.717) is 0 Å². The zero-order valence-corrected chi connectivity index (χ0v) is 8.40. The molecule has 0 saturated carbocycles. The van der Waals surface area contributed by atoms with E-state index in [4.69, 9.17) is 10.5 Å². The van der Waals surface area contributed by atoms with Gasteiger partial charge in [0, 0.05) is 0 Å². The minimum absolute atomic E-state index is 0.0191. The first-order valence-corrected chi connectivity index (χ1v) is 4.23. The number of carbonyl (C=O) groups is 1. The predicted molar refractivity (Wildman–Crippen MR) is 53.7 cm³/mol. The maximum atomic E-state index is 11.2. The molecule has 0 radical (unpaired) electrons. The number of nitrogens with one attached hydrogen (secondary N) is 2. The smallest absolute Gasteiger partial charge is 0.295 e. The normalized spacial score (nSPS) is 11.9. The van der Waals surface area contributed by atoms with E-state index in [0.717, 1.165) is 0 Å². The Hall–Kier alpha value is -2.05. The molecule has 0 aliphatic rings. The first-order valence-electron chi connectivity index (χ1n) is 4.23. The number of methoxy groups -OCH3 is 1. The largest absolute Gasteiger partial charge is 0.489 e. The van der Waals surface area contributed by atoms with Gasteiger partial charge in [0.15, 0.2) is 5.82 Å². The SMILES string of the molecule is COc1c(NC(C)C(N)=O)nc[nH]c1=O. The number of amides is 1. The van der Waals surface area contributed by atoms with Gasteiger partial charge >= 0.3 is 0 Å². The number of nitrogens with zero attached hydrogens (tertiary/aromatic N) is 1. The maximum Gasteiger partial charge on any atom is 0.295 e. The van der Waals surface area contributed by atoms with Crippen molar-refractivity contribution in [2.75, 3.05) is 12.4 Å². The molecule has 0 aliphatic carbocycles. The van der Waals surface area contributed by atoms with Gasteiger partial charge in [-0.2, -0.15) is 0 Å². The van der Waals surface area contributed by atoms with Crippen molar-refractivity contribution in [1.29, 1.82) is 0 Å². The molecule has 0 saturated heterocycles. The Labute approximate surface area is 85.7 Å². The lowest BCUT2D eigenvalue weighted by Gasteiger charge is -2.12. The van der Waals surface area contributed by atoms with E-state index < -0.39 is 17.5 Å². The van der Waals surface area contributed by atoms with Crippen molar-refractivity contribution in [3.05, 3.63) is 16.7 Å². The number of anilines is 1. The lowest BCUT2D eigenvalue weighted by atomic mass is 10.3. The van der Waals surface area contributed by atoms with Crippen LogP contribution in [0.3, 0.4) is 0 Å². The van der Waals surface area contributed by atoms with E-state index >= 15 is 0 Å². The molecule has 1 atom stereocenters. The van der Waals surface area contributed by atoms with Crippen LogP contribution in [0.15, 0.2) is 11.1 Å². The Morgan fingerprint density at radius 3 is 2.93 bits per heavy atom. The molecule has 1 aromatic heterocycles. The van der Waals surface area contributed by atoms with Crippen LogP contribution in [0.2, 0.25) is 0 Å². The molecule has 0 aromatic carbocycles. The number of aromatic nitrogens is 2. The van der Waals surface area contributed by atoms with Crippen LogP contribution >= 0.6 is 0 Å². The lowest BCUT2D eigenvalue weighted by molar-refractivity contribution is -0.118. The molecule has 1 rings (SSSR count). The Morgan fingerprint density at radius 2 is 2.40 bits per heavy atom. The highest BCUT2D eigenvalue weighted by molar-refractivity contribution is 5.82. The average molecular weight is 212 g/mol. The van der Waals surface area contributed by atoms with Gasteiger partial charge in [-0.25, -0.2) is 4.98 Å². The molecule has 4 N–H and O–H groups in total. The molecule has 7 heteroatoms. The van der Waals surface area contributed by atoms with Gasteiger partial charge in [-0.3, -0.25) is 9.59 Å². The molecule has 1 unspecified atom stereocenters. The summed E-state index contributed by atoms with van der Waals surface area (Å²) in [5, 5.41) is 2.67. The van der Waals surface area contributed by atoms with Crippen LogP contribution < -0.4 is 21.3 Å². The van der Waals surface area contributed by atoms with Crippen molar-refractivity contribution in [2.24, 2.45) is 5.73 Å². The monoisotopic (exact) mass is 212 g/mol. The Bertz CT molecular complexity index is 415. The van der Waals surface area contributed by atoms with Crippen LogP contribution in [-0.2, 0) is 4.79 Å². The fraction of sp³-hybridized carbons (Fsp3) is 0.375. The standard InChI is InChI=1S/C8H12N4O3/c1-4(6(9)13)12-7-5(15-2)8(14)11-3-10-7/h3-4H,1-2H3,(H2,9,13)(H2,10,11,12,14). The molecule has 1 aromatic rings. The van der Waals surface area contributed by atoms with E-state index in [1.165, 1.54) is 13.4 Å². The van der Waals surface area contributed by atoms with E-state index in [2.05, 4.69) is 15.3 Å².